The number of aryl methyl sites for hydroxylation is 2. The third kappa shape index (κ3) is 7.38. The standard InChI is InChI=1S/C27H29N2.C21H18NO.Ir/c1-6-28-18-29(22-11-8-7-9-12-22)26-17-21(15-16-25(26)28)27-23(19(2)3)13-10-14-24(27)20(4)5;1-13(2)18-11-19(22-12-14(18)3)17-9-6-8-16-15-7-4-5-10-20(15)23-21(16)17;/h7-11,13-17,19-20H,6H2,1-5H3;4-8,10-13H,1-3H3;/q2*-1;+3/i6D2;3D3;. The van der Waals surface area contributed by atoms with Gasteiger partial charge in [0.1, 0.15) is 5.58 Å². The van der Waals surface area contributed by atoms with Crippen molar-refractivity contribution < 1.29 is 35.9 Å². The van der Waals surface area contributed by atoms with E-state index >= 15 is 0 Å². The number of rotatable bonds is 7. The van der Waals surface area contributed by atoms with E-state index in [9.17, 15) is 0 Å². The van der Waals surface area contributed by atoms with Gasteiger partial charge in [0, 0.05) is 15.7 Å². The van der Waals surface area contributed by atoms with Crippen molar-refractivity contribution in [3.63, 3.8) is 0 Å². The number of pyridine rings is 1. The van der Waals surface area contributed by atoms with E-state index in [4.69, 9.17) is 11.3 Å². The van der Waals surface area contributed by atoms with Crippen molar-refractivity contribution >= 4 is 33.0 Å². The summed E-state index contributed by atoms with van der Waals surface area (Å²) < 4.78 is 49.4. The summed E-state index contributed by atoms with van der Waals surface area (Å²) in [6.07, 6.45) is 4.69. The minimum absolute atomic E-state index is 0. The Labute approximate surface area is 334 Å². The number of para-hydroxylation sites is 2. The van der Waals surface area contributed by atoms with Gasteiger partial charge in [-0.05, 0) is 76.7 Å². The van der Waals surface area contributed by atoms with Crippen LogP contribution in [0.4, 0.5) is 0 Å². The summed E-state index contributed by atoms with van der Waals surface area (Å²) in [6, 6.07) is 40.7. The molecule has 0 atom stereocenters. The van der Waals surface area contributed by atoms with Gasteiger partial charge in [-0.1, -0.05) is 119 Å². The van der Waals surface area contributed by atoms with E-state index in [2.05, 4.69) is 81.5 Å². The predicted octanol–water partition coefficient (Wildman–Crippen LogP) is 12.3. The van der Waals surface area contributed by atoms with Crippen LogP contribution in [0.3, 0.4) is 0 Å². The average molecular weight is 879 g/mol. The molecule has 0 aliphatic carbocycles. The fraction of sp³-hybridized carbons (Fsp3) is 0.250. The maximum Gasteiger partial charge on any atom is 3.00 e. The van der Waals surface area contributed by atoms with Gasteiger partial charge in [0.15, 0.2) is 0 Å². The molecular formula is C48H47IrN3O+. The van der Waals surface area contributed by atoms with E-state index in [1.807, 2.05) is 91.2 Å². The predicted molar refractivity (Wildman–Crippen MR) is 215 cm³/mol. The second kappa shape index (κ2) is 16.0. The molecule has 0 amide bonds. The summed E-state index contributed by atoms with van der Waals surface area (Å²) in [6.45, 7) is 10.7. The Morgan fingerprint density at radius 1 is 0.792 bits per heavy atom. The second-order valence-electron chi connectivity index (χ2n) is 14.1. The fourth-order valence-corrected chi connectivity index (χ4v) is 6.98. The maximum atomic E-state index is 8.30. The molecule has 5 aromatic carbocycles. The summed E-state index contributed by atoms with van der Waals surface area (Å²) in [5.74, 6) is 0.877. The fourth-order valence-electron chi connectivity index (χ4n) is 6.98. The van der Waals surface area contributed by atoms with E-state index in [0.29, 0.717) is 23.1 Å². The van der Waals surface area contributed by atoms with Crippen LogP contribution in [-0.2, 0) is 26.6 Å². The summed E-state index contributed by atoms with van der Waals surface area (Å²) in [4.78, 5) is 4.43. The Hall–Kier alpha value is -4.83. The second-order valence-corrected chi connectivity index (χ2v) is 14.1. The Bertz CT molecular complexity index is 2680. The minimum Gasteiger partial charge on any atom is -0.501 e. The SMILES string of the molecule is [2H]C([2H])(C)[n+]1[c-]n(-c2[c-]cccc2)c2cc(-c3c(C(C)C)cccc3C(C)C)ccc21.[2H]C([2H])([2H])c1cnc(-c2[c-]ccc3c2oc2ccccc23)cc1C(C)C.[Ir+3]. The molecule has 5 heteroatoms. The molecule has 8 rings (SSSR count). The van der Waals surface area contributed by atoms with Crippen molar-refractivity contribution in [2.45, 2.75) is 79.6 Å². The molecule has 0 saturated carbocycles. The van der Waals surface area contributed by atoms with Gasteiger partial charge in [0.2, 0.25) is 6.33 Å². The van der Waals surface area contributed by atoms with E-state index in [-0.39, 0.29) is 26.0 Å². The van der Waals surface area contributed by atoms with E-state index in [1.54, 1.807) is 11.5 Å². The zero-order chi connectivity index (χ0) is 40.8. The van der Waals surface area contributed by atoms with Crippen molar-refractivity contribution in [1.29, 1.82) is 0 Å². The molecule has 0 radical (unpaired) electrons. The molecule has 0 bridgehead atoms. The van der Waals surface area contributed by atoms with Crippen LogP contribution in [0, 0.1) is 25.3 Å². The largest absolute Gasteiger partial charge is 3.00 e. The number of nitrogens with zero attached hydrogens (tertiary/aromatic N) is 3. The zero-order valence-electron chi connectivity index (χ0n) is 36.2. The van der Waals surface area contributed by atoms with Crippen LogP contribution in [0.5, 0.6) is 0 Å². The molecule has 0 aliphatic rings. The Balaban J connectivity index is 0.000000195. The number of fused-ring (bicyclic) bond motifs is 4. The van der Waals surface area contributed by atoms with Gasteiger partial charge >= 0.3 is 20.1 Å². The Morgan fingerprint density at radius 2 is 1.53 bits per heavy atom. The first-order valence-electron chi connectivity index (χ1n) is 20.5. The number of aromatic nitrogens is 3. The molecule has 0 saturated heterocycles. The molecule has 3 aromatic heterocycles. The van der Waals surface area contributed by atoms with Gasteiger partial charge in [-0.15, -0.1) is 18.2 Å². The van der Waals surface area contributed by atoms with Gasteiger partial charge in [-0.2, -0.15) is 30.3 Å². The first-order valence-corrected chi connectivity index (χ1v) is 18.0. The van der Waals surface area contributed by atoms with Crippen LogP contribution in [0.2, 0.25) is 0 Å². The summed E-state index contributed by atoms with van der Waals surface area (Å²) in [5.41, 5.74) is 11.7. The van der Waals surface area contributed by atoms with E-state index in [1.165, 1.54) is 22.9 Å². The molecular weight excluding hydrogens is 827 g/mol. The molecule has 3 heterocycles. The first kappa shape index (κ1) is 31.7. The first-order chi connectivity index (χ1) is 27.0. The molecule has 0 unspecified atom stereocenters. The minimum atomic E-state index is -2.18. The van der Waals surface area contributed by atoms with Gasteiger partial charge in [-0.3, -0.25) is 0 Å². The Morgan fingerprint density at radius 3 is 2.21 bits per heavy atom. The van der Waals surface area contributed by atoms with Crippen molar-refractivity contribution in [3.8, 4) is 28.1 Å². The van der Waals surface area contributed by atoms with E-state index < -0.39 is 13.3 Å². The number of furan rings is 1. The monoisotopic (exact) mass is 879 g/mol. The molecule has 53 heavy (non-hydrogen) atoms. The summed E-state index contributed by atoms with van der Waals surface area (Å²) in [7, 11) is 0. The van der Waals surface area contributed by atoms with Gasteiger partial charge in [0.05, 0.1) is 25.9 Å². The van der Waals surface area contributed by atoms with Crippen molar-refractivity contribution in [3.05, 3.63) is 150 Å². The van der Waals surface area contributed by atoms with Gasteiger partial charge in [-0.25, -0.2) is 0 Å². The topological polar surface area (TPSA) is 34.8 Å². The summed E-state index contributed by atoms with van der Waals surface area (Å²) >= 11 is 0. The van der Waals surface area contributed by atoms with Crippen molar-refractivity contribution in [1.82, 2.24) is 9.55 Å². The third-order valence-corrected chi connectivity index (χ3v) is 9.63. The van der Waals surface area contributed by atoms with Gasteiger partial charge < -0.3 is 18.5 Å². The van der Waals surface area contributed by atoms with Crippen LogP contribution in [-0.4, -0.2) is 9.55 Å². The van der Waals surface area contributed by atoms with Crippen LogP contribution in [0.15, 0.2) is 114 Å². The third-order valence-electron chi connectivity index (χ3n) is 9.63. The molecule has 268 valence electrons. The molecule has 0 spiro atoms. The summed E-state index contributed by atoms with van der Waals surface area (Å²) in [5, 5.41) is 2.04. The van der Waals surface area contributed by atoms with Crippen LogP contribution in [0.25, 0.3) is 61.0 Å². The quantitative estimate of drug-likeness (QED) is 0.118. The normalized spacial score (nSPS) is 13.4. The molecule has 8 aromatic rings. The van der Waals surface area contributed by atoms with Crippen LogP contribution >= 0.6 is 0 Å². The van der Waals surface area contributed by atoms with Crippen LogP contribution < -0.4 is 4.57 Å². The number of benzene rings is 5. The molecule has 0 fully saturated rings. The molecule has 0 N–H and O–H groups in total. The number of hydrogen-bond acceptors (Lipinski definition) is 2. The van der Waals surface area contributed by atoms with Crippen LogP contribution in [0.1, 0.15) is 95.3 Å². The smallest absolute Gasteiger partial charge is 0.501 e. The van der Waals surface area contributed by atoms with E-state index in [0.717, 1.165) is 55.3 Å². The van der Waals surface area contributed by atoms with Crippen molar-refractivity contribution in [2.24, 2.45) is 0 Å². The Kier molecular flexibility index (Phi) is 9.59. The molecule has 0 aliphatic heterocycles. The average Bonchev–Trinajstić information content (AvgIpc) is 3.76. The number of imidazole rings is 1. The zero-order valence-corrected chi connectivity index (χ0v) is 33.6. The maximum absolute atomic E-state index is 8.30. The molecule has 4 nitrogen and oxygen atoms in total. The number of hydrogen-bond donors (Lipinski definition) is 0. The van der Waals surface area contributed by atoms with Crippen molar-refractivity contribution in [2.75, 3.05) is 0 Å². The van der Waals surface area contributed by atoms with Gasteiger partial charge in [0.25, 0.3) is 0 Å².